The van der Waals surface area contributed by atoms with Gasteiger partial charge in [0.15, 0.2) is 0 Å². The lowest BCUT2D eigenvalue weighted by Crippen LogP contribution is -2.23. The molecule has 0 atom stereocenters. The standard InChI is InChI=1S/C14H17N3OS.ClH/c15-8-4-7-13(18)16-9-12-10-19-14(17-12)11-5-2-1-3-6-11;/h1-3,5-6,10H,4,7-9,15H2,(H,16,18);1H. The SMILES string of the molecule is Cl.NCCCC(=O)NCc1csc(-c2ccccc2)n1. The topological polar surface area (TPSA) is 68.0 Å². The van der Waals surface area contributed by atoms with Crippen LogP contribution in [0.5, 0.6) is 0 Å². The zero-order chi connectivity index (χ0) is 13.5. The molecule has 3 N–H and O–H groups in total. The van der Waals surface area contributed by atoms with Crippen molar-refractivity contribution in [1.29, 1.82) is 0 Å². The smallest absolute Gasteiger partial charge is 0.220 e. The Balaban J connectivity index is 0.00000200. The minimum absolute atomic E-state index is 0. The first-order chi connectivity index (χ1) is 9.29. The summed E-state index contributed by atoms with van der Waals surface area (Å²) in [7, 11) is 0. The molecule has 0 spiro atoms. The van der Waals surface area contributed by atoms with Crippen LogP contribution in [0.2, 0.25) is 0 Å². The maximum atomic E-state index is 11.5. The fourth-order valence-corrected chi connectivity index (χ4v) is 2.47. The lowest BCUT2D eigenvalue weighted by Gasteiger charge is -2.01. The number of rotatable bonds is 6. The van der Waals surface area contributed by atoms with E-state index in [0.717, 1.165) is 22.7 Å². The monoisotopic (exact) mass is 311 g/mol. The quantitative estimate of drug-likeness (QED) is 0.861. The molecule has 1 aromatic heterocycles. The normalized spacial score (nSPS) is 9.85. The van der Waals surface area contributed by atoms with Crippen molar-refractivity contribution in [3.63, 3.8) is 0 Å². The highest BCUT2D eigenvalue weighted by Gasteiger charge is 2.05. The van der Waals surface area contributed by atoms with Gasteiger partial charge in [0, 0.05) is 17.4 Å². The number of nitrogens with one attached hydrogen (secondary N) is 1. The van der Waals surface area contributed by atoms with Crippen molar-refractivity contribution in [1.82, 2.24) is 10.3 Å². The van der Waals surface area contributed by atoms with E-state index < -0.39 is 0 Å². The Morgan fingerprint density at radius 1 is 1.30 bits per heavy atom. The molecule has 1 heterocycles. The minimum atomic E-state index is 0. The van der Waals surface area contributed by atoms with Gasteiger partial charge in [-0.15, -0.1) is 23.7 Å². The summed E-state index contributed by atoms with van der Waals surface area (Å²) in [5, 5.41) is 5.80. The Kier molecular flexibility index (Phi) is 7.22. The number of nitrogens with zero attached hydrogens (tertiary/aromatic N) is 1. The van der Waals surface area contributed by atoms with Gasteiger partial charge in [-0.2, -0.15) is 0 Å². The van der Waals surface area contributed by atoms with Gasteiger partial charge < -0.3 is 11.1 Å². The Labute approximate surface area is 128 Å². The van der Waals surface area contributed by atoms with Crippen LogP contribution < -0.4 is 11.1 Å². The molecule has 0 aliphatic carbocycles. The molecule has 0 radical (unpaired) electrons. The van der Waals surface area contributed by atoms with Crippen molar-refractivity contribution in [2.75, 3.05) is 6.54 Å². The van der Waals surface area contributed by atoms with E-state index in [1.165, 1.54) is 0 Å². The molecule has 6 heteroatoms. The molecular formula is C14H18ClN3OS. The van der Waals surface area contributed by atoms with Crippen molar-refractivity contribution in [3.05, 3.63) is 41.4 Å². The number of carbonyl (C=O) groups is 1. The molecule has 0 bridgehead atoms. The maximum absolute atomic E-state index is 11.5. The Bertz CT molecular complexity index is 530. The van der Waals surface area contributed by atoms with E-state index in [2.05, 4.69) is 10.3 Å². The Morgan fingerprint density at radius 3 is 2.75 bits per heavy atom. The maximum Gasteiger partial charge on any atom is 0.220 e. The number of amides is 1. The molecule has 0 fully saturated rings. The number of benzene rings is 1. The number of hydrogen-bond acceptors (Lipinski definition) is 4. The van der Waals surface area contributed by atoms with Gasteiger partial charge in [0.05, 0.1) is 12.2 Å². The lowest BCUT2D eigenvalue weighted by atomic mass is 10.2. The van der Waals surface area contributed by atoms with Crippen LogP contribution in [-0.2, 0) is 11.3 Å². The van der Waals surface area contributed by atoms with Crippen molar-refractivity contribution in [3.8, 4) is 10.6 Å². The minimum Gasteiger partial charge on any atom is -0.350 e. The molecular weight excluding hydrogens is 294 g/mol. The fraction of sp³-hybridized carbons (Fsp3) is 0.286. The van der Waals surface area contributed by atoms with Crippen LogP contribution in [0, 0.1) is 0 Å². The third-order valence-corrected chi connectivity index (χ3v) is 3.59. The van der Waals surface area contributed by atoms with E-state index in [-0.39, 0.29) is 18.3 Å². The van der Waals surface area contributed by atoms with Crippen LogP contribution in [0.15, 0.2) is 35.7 Å². The summed E-state index contributed by atoms with van der Waals surface area (Å²) in [6.45, 7) is 1.02. The van der Waals surface area contributed by atoms with E-state index in [1.807, 2.05) is 35.7 Å². The molecule has 0 unspecified atom stereocenters. The highest BCUT2D eigenvalue weighted by Crippen LogP contribution is 2.23. The lowest BCUT2D eigenvalue weighted by molar-refractivity contribution is -0.121. The van der Waals surface area contributed by atoms with E-state index in [0.29, 0.717) is 19.5 Å². The molecule has 2 aromatic rings. The molecule has 0 saturated heterocycles. The summed E-state index contributed by atoms with van der Waals surface area (Å²) in [6, 6.07) is 10.0. The third-order valence-electron chi connectivity index (χ3n) is 2.65. The Hall–Kier alpha value is -1.43. The molecule has 20 heavy (non-hydrogen) atoms. The van der Waals surface area contributed by atoms with Crippen molar-refractivity contribution in [2.24, 2.45) is 5.73 Å². The second-order valence-corrected chi connectivity index (χ2v) is 5.04. The zero-order valence-electron chi connectivity index (χ0n) is 11.0. The predicted octanol–water partition coefficient (Wildman–Crippen LogP) is 2.59. The van der Waals surface area contributed by atoms with Gasteiger partial charge in [0.2, 0.25) is 5.91 Å². The first kappa shape index (κ1) is 16.6. The molecule has 1 aromatic carbocycles. The molecule has 108 valence electrons. The summed E-state index contributed by atoms with van der Waals surface area (Å²) in [5.41, 5.74) is 7.36. The predicted molar refractivity (Wildman–Crippen MR) is 84.9 cm³/mol. The van der Waals surface area contributed by atoms with E-state index in [9.17, 15) is 4.79 Å². The fourth-order valence-electron chi connectivity index (χ4n) is 1.64. The van der Waals surface area contributed by atoms with Gasteiger partial charge in [-0.3, -0.25) is 4.79 Å². The van der Waals surface area contributed by atoms with Crippen LogP contribution in [0.3, 0.4) is 0 Å². The zero-order valence-corrected chi connectivity index (χ0v) is 12.7. The highest BCUT2D eigenvalue weighted by molar-refractivity contribution is 7.13. The number of hydrogen-bond donors (Lipinski definition) is 2. The van der Waals surface area contributed by atoms with Gasteiger partial charge in [-0.25, -0.2) is 4.98 Å². The third kappa shape index (κ3) is 4.92. The van der Waals surface area contributed by atoms with Crippen LogP contribution in [0.25, 0.3) is 10.6 Å². The highest BCUT2D eigenvalue weighted by atomic mass is 35.5. The first-order valence-electron chi connectivity index (χ1n) is 6.26. The average molecular weight is 312 g/mol. The van der Waals surface area contributed by atoms with Gasteiger partial charge in [0.1, 0.15) is 5.01 Å². The van der Waals surface area contributed by atoms with Crippen LogP contribution in [-0.4, -0.2) is 17.4 Å². The van der Waals surface area contributed by atoms with E-state index >= 15 is 0 Å². The van der Waals surface area contributed by atoms with Crippen molar-refractivity contribution in [2.45, 2.75) is 19.4 Å². The van der Waals surface area contributed by atoms with Gasteiger partial charge in [-0.05, 0) is 13.0 Å². The summed E-state index contributed by atoms with van der Waals surface area (Å²) in [4.78, 5) is 16.0. The van der Waals surface area contributed by atoms with Gasteiger partial charge in [-0.1, -0.05) is 30.3 Å². The van der Waals surface area contributed by atoms with Crippen LogP contribution in [0.1, 0.15) is 18.5 Å². The Morgan fingerprint density at radius 2 is 2.05 bits per heavy atom. The van der Waals surface area contributed by atoms with Crippen molar-refractivity contribution < 1.29 is 4.79 Å². The van der Waals surface area contributed by atoms with Crippen LogP contribution in [0.4, 0.5) is 0 Å². The molecule has 1 amide bonds. The average Bonchev–Trinajstić information content (AvgIpc) is 2.93. The molecule has 0 aliphatic heterocycles. The second kappa shape index (κ2) is 8.68. The van der Waals surface area contributed by atoms with Gasteiger partial charge in [0.25, 0.3) is 0 Å². The molecule has 4 nitrogen and oxygen atoms in total. The molecule has 0 saturated carbocycles. The van der Waals surface area contributed by atoms with Gasteiger partial charge >= 0.3 is 0 Å². The number of thiazole rings is 1. The van der Waals surface area contributed by atoms with Crippen molar-refractivity contribution >= 4 is 29.7 Å². The molecule has 0 aliphatic rings. The number of halogens is 1. The summed E-state index contributed by atoms with van der Waals surface area (Å²) >= 11 is 1.59. The molecule has 2 rings (SSSR count). The summed E-state index contributed by atoms with van der Waals surface area (Å²) in [5.74, 6) is 0.0275. The van der Waals surface area contributed by atoms with Crippen LogP contribution >= 0.6 is 23.7 Å². The summed E-state index contributed by atoms with van der Waals surface area (Å²) < 4.78 is 0. The second-order valence-electron chi connectivity index (χ2n) is 4.18. The number of carbonyl (C=O) groups excluding carboxylic acids is 1. The number of aromatic nitrogens is 1. The number of nitrogens with two attached hydrogens (primary N) is 1. The van der Waals surface area contributed by atoms with E-state index in [1.54, 1.807) is 11.3 Å². The first-order valence-corrected chi connectivity index (χ1v) is 7.14. The summed E-state index contributed by atoms with van der Waals surface area (Å²) in [6.07, 6.45) is 1.20. The van der Waals surface area contributed by atoms with E-state index in [4.69, 9.17) is 5.73 Å². The largest absolute Gasteiger partial charge is 0.350 e.